The van der Waals surface area contributed by atoms with E-state index in [1.807, 2.05) is 5.43 Å². The number of nitrogens with two attached hydrogens (primary N) is 1. The molecule has 0 aromatic heterocycles. The monoisotopic (exact) mass is 238 g/mol. The van der Waals surface area contributed by atoms with E-state index in [1.54, 1.807) is 18.2 Å². The maximum Gasteiger partial charge on any atom is 0.394 e. The first-order chi connectivity index (χ1) is 8.42. The second-order valence-electron chi connectivity index (χ2n) is 2.21. The number of hydrogen-bond acceptors (Lipinski definition) is 4. The van der Waals surface area contributed by atoms with Gasteiger partial charge in [0.15, 0.2) is 0 Å². The summed E-state index contributed by atoms with van der Waals surface area (Å²) in [5.41, 5.74) is 2.09. The molecule has 6 nitrogen and oxygen atoms in total. The Morgan fingerprint density at radius 1 is 1.33 bits per heavy atom. The molecule has 15 heavy (non-hydrogen) atoms. The smallest absolute Gasteiger partial charge is 0.271 e. The van der Waals surface area contributed by atoms with Gasteiger partial charge in [-0.1, -0.05) is 30.3 Å². The van der Waals surface area contributed by atoms with Crippen LogP contribution in [0.4, 0.5) is 0 Å². The fraction of sp³-hybridized carbons (Fsp3) is 0.250. The first-order valence-electron chi connectivity index (χ1n) is 5.65. The summed E-state index contributed by atoms with van der Waals surface area (Å²) < 4.78 is 61.6. The van der Waals surface area contributed by atoms with E-state index in [2.05, 4.69) is 0 Å². The number of rotatable bonds is 3. The Morgan fingerprint density at radius 3 is 2.20 bits per heavy atom. The van der Waals surface area contributed by atoms with Crippen molar-refractivity contribution in [1.29, 1.82) is 0 Å². The molecule has 1 rings (SSSR count). The third kappa shape index (κ3) is 13.0. The minimum absolute atomic E-state index is 0.253. The summed E-state index contributed by atoms with van der Waals surface area (Å²) in [7, 11) is -4.67. The number of hydrazine groups is 1. The molecular formula is C8H14N2O4S. The van der Waals surface area contributed by atoms with Gasteiger partial charge < -0.3 is 0 Å². The number of hydrogen-bond donors (Lipinski definition) is 4. The SMILES string of the molecule is O=S(=O)(O)O.[2H]C([2H])(NN)C([2H])([2H])c1ccccc1. The van der Waals surface area contributed by atoms with Crippen molar-refractivity contribution in [3.05, 3.63) is 35.9 Å². The fourth-order valence-electron chi connectivity index (χ4n) is 0.630. The van der Waals surface area contributed by atoms with Gasteiger partial charge in [0, 0.05) is 12.0 Å². The van der Waals surface area contributed by atoms with Gasteiger partial charge in [-0.2, -0.15) is 8.42 Å². The molecule has 0 saturated carbocycles. The van der Waals surface area contributed by atoms with Crippen LogP contribution in [0.1, 0.15) is 11.0 Å². The standard InChI is InChI=1S/C8H12N2.H2O4S/c9-10-7-6-8-4-2-1-3-5-8;1-5(2,3)4/h1-5,10H,6-7,9H2;(H2,1,2,3,4)/i6D2,7D2;. The van der Waals surface area contributed by atoms with Crippen molar-refractivity contribution in [1.82, 2.24) is 5.43 Å². The van der Waals surface area contributed by atoms with E-state index >= 15 is 0 Å². The molecule has 5 N–H and O–H groups in total. The molecular weight excluding hydrogens is 220 g/mol. The highest BCUT2D eigenvalue weighted by Crippen LogP contribution is 1.97. The zero-order valence-electron chi connectivity index (χ0n) is 11.6. The number of aryl methyl sites for hydroxylation is 1. The molecule has 0 saturated heterocycles. The molecule has 1 aromatic rings. The van der Waals surface area contributed by atoms with Crippen LogP contribution in [-0.4, -0.2) is 24.0 Å². The third-order valence-electron chi connectivity index (χ3n) is 1.05. The Bertz CT molecular complexity index is 487. The van der Waals surface area contributed by atoms with Crippen LogP contribution in [0.25, 0.3) is 0 Å². The summed E-state index contributed by atoms with van der Waals surface area (Å²) in [6, 6.07) is 8.09. The van der Waals surface area contributed by atoms with Gasteiger partial charge in [-0.05, 0) is 11.9 Å². The number of nitrogens with one attached hydrogen (secondary N) is 1. The van der Waals surface area contributed by atoms with Gasteiger partial charge in [0.05, 0.1) is 0 Å². The molecule has 0 fully saturated rings. The van der Waals surface area contributed by atoms with Crippen molar-refractivity contribution < 1.29 is 23.0 Å². The summed E-state index contributed by atoms with van der Waals surface area (Å²) in [6.45, 7) is -2.30. The Balaban J connectivity index is 0.000000555. The van der Waals surface area contributed by atoms with Crippen molar-refractivity contribution >= 4 is 10.4 Å². The lowest BCUT2D eigenvalue weighted by Gasteiger charge is -1.97. The highest BCUT2D eigenvalue weighted by Gasteiger charge is 1.87. The minimum Gasteiger partial charge on any atom is -0.271 e. The van der Waals surface area contributed by atoms with E-state index in [4.69, 9.17) is 28.8 Å². The Kier molecular flexibility index (Phi) is 4.00. The van der Waals surface area contributed by atoms with Gasteiger partial charge in [-0.15, -0.1) is 0 Å². The van der Waals surface area contributed by atoms with Crippen molar-refractivity contribution in [2.24, 2.45) is 5.84 Å². The Morgan fingerprint density at radius 2 is 1.80 bits per heavy atom. The molecule has 0 spiro atoms. The van der Waals surface area contributed by atoms with Crippen LogP contribution < -0.4 is 11.3 Å². The number of benzene rings is 1. The zero-order valence-corrected chi connectivity index (χ0v) is 8.40. The highest BCUT2D eigenvalue weighted by molar-refractivity contribution is 7.79. The fourth-order valence-corrected chi connectivity index (χ4v) is 0.630. The molecule has 0 aliphatic rings. The molecule has 0 unspecified atom stereocenters. The predicted molar refractivity (Wildman–Crippen MR) is 56.5 cm³/mol. The molecule has 0 atom stereocenters. The molecule has 0 aliphatic heterocycles. The summed E-state index contributed by atoms with van der Waals surface area (Å²) in [4.78, 5) is 0. The normalized spacial score (nSPS) is 16.2. The van der Waals surface area contributed by atoms with Crippen LogP contribution in [0.3, 0.4) is 0 Å². The molecule has 0 aliphatic carbocycles. The van der Waals surface area contributed by atoms with Gasteiger partial charge >= 0.3 is 10.4 Å². The van der Waals surface area contributed by atoms with Crippen LogP contribution in [0.5, 0.6) is 0 Å². The topological polar surface area (TPSA) is 113 Å². The lowest BCUT2D eigenvalue weighted by atomic mass is 10.2. The second-order valence-corrected chi connectivity index (χ2v) is 3.10. The average molecular weight is 238 g/mol. The van der Waals surface area contributed by atoms with Gasteiger partial charge in [0.1, 0.15) is 0 Å². The van der Waals surface area contributed by atoms with Crippen LogP contribution in [0.2, 0.25) is 0 Å². The zero-order chi connectivity index (χ0) is 15.3. The molecule has 0 heterocycles. The quantitative estimate of drug-likeness (QED) is 0.336. The lowest BCUT2D eigenvalue weighted by Crippen LogP contribution is -2.24. The van der Waals surface area contributed by atoms with E-state index in [0.29, 0.717) is 0 Å². The first kappa shape index (κ1) is 8.20. The molecule has 86 valence electrons. The van der Waals surface area contributed by atoms with Crippen LogP contribution >= 0.6 is 0 Å². The maximum absolute atomic E-state index is 8.74. The van der Waals surface area contributed by atoms with Crippen LogP contribution in [0.15, 0.2) is 30.3 Å². The van der Waals surface area contributed by atoms with Crippen molar-refractivity contribution in [2.45, 2.75) is 6.37 Å². The first-order valence-corrected chi connectivity index (χ1v) is 5.04. The predicted octanol–water partition coefficient (Wildman–Crippen LogP) is 0.0396. The Labute approximate surface area is 94.3 Å². The van der Waals surface area contributed by atoms with Crippen molar-refractivity contribution in [3.8, 4) is 0 Å². The molecule has 0 amide bonds. The van der Waals surface area contributed by atoms with E-state index < -0.39 is 23.3 Å². The van der Waals surface area contributed by atoms with Crippen LogP contribution in [-0.2, 0) is 16.8 Å². The van der Waals surface area contributed by atoms with E-state index in [-0.39, 0.29) is 5.56 Å². The molecule has 1 aromatic carbocycles. The summed E-state index contributed by atoms with van der Waals surface area (Å²) >= 11 is 0. The largest absolute Gasteiger partial charge is 0.394 e. The van der Waals surface area contributed by atoms with Crippen LogP contribution in [0, 0.1) is 0 Å². The molecule has 0 radical (unpaired) electrons. The van der Waals surface area contributed by atoms with Gasteiger partial charge in [0.25, 0.3) is 0 Å². The summed E-state index contributed by atoms with van der Waals surface area (Å²) in [5.74, 6) is 4.96. The minimum atomic E-state index is -4.67. The average Bonchev–Trinajstić information content (AvgIpc) is 2.27. The maximum atomic E-state index is 8.74. The second kappa shape index (κ2) is 7.32. The molecule has 0 bridgehead atoms. The highest BCUT2D eigenvalue weighted by atomic mass is 32.3. The molecule has 7 heteroatoms. The van der Waals surface area contributed by atoms with E-state index in [1.165, 1.54) is 12.1 Å². The van der Waals surface area contributed by atoms with Crippen molar-refractivity contribution in [2.75, 3.05) is 6.50 Å². The lowest BCUT2D eigenvalue weighted by molar-refractivity contribution is 0.381. The van der Waals surface area contributed by atoms with Crippen molar-refractivity contribution in [3.63, 3.8) is 0 Å². The Hall–Kier alpha value is -0.990. The summed E-state index contributed by atoms with van der Waals surface area (Å²) in [5, 5.41) is 0. The third-order valence-corrected chi connectivity index (χ3v) is 1.05. The summed E-state index contributed by atoms with van der Waals surface area (Å²) in [6.07, 6.45) is -2.16. The van der Waals surface area contributed by atoms with E-state index in [0.717, 1.165) is 0 Å². The van der Waals surface area contributed by atoms with Gasteiger partial charge in [-0.25, -0.2) is 0 Å². The van der Waals surface area contributed by atoms with Gasteiger partial charge in [-0.3, -0.25) is 20.4 Å². The van der Waals surface area contributed by atoms with Gasteiger partial charge in [0.2, 0.25) is 0 Å². The van der Waals surface area contributed by atoms with E-state index in [9.17, 15) is 0 Å².